The van der Waals surface area contributed by atoms with Gasteiger partial charge in [0, 0.05) is 12.1 Å². The van der Waals surface area contributed by atoms with Crippen LogP contribution in [0.3, 0.4) is 0 Å². The van der Waals surface area contributed by atoms with Crippen LogP contribution in [0.4, 0.5) is 0 Å². The quantitative estimate of drug-likeness (QED) is 0.736. The van der Waals surface area contributed by atoms with E-state index in [1.165, 1.54) is 11.1 Å². The molecule has 0 saturated carbocycles. The van der Waals surface area contributed by atoms with Gasteiger partial charge in [-0.3, -0.25) is 4.90 Å². The molecule has 1 heterocycles. The van der Waals surface area contributed by atoms with Gasteiger partial charge < -0.3 is 5.11 Å². The first-order chi connectivity index (χ1) is 6.65. The van der Waals surface area contributed by atoms with Crippen LogP contribution in [0, 0.1) is 0 Å². The van der Waals surface area contributed by atoms with Crippen molar-refractivity contribution >= 4 is 0 Å². The van der Waals surface area contributed by atoms with Crippen molar-refractivity contribution in [3.63, 3.8) is 0 Å². The van der Waals surface area contributed by atoms with E-state index >= 15 is 0 Å². The number of nitrogens with zero attached hydrogens (tertiary/aromatic N) is 1. The Morgan fingerprint density at radius 3 is 2.50 bits per heavy atom. The third kappa shape index (κ3) is 1.26. The topological polar surface area (TPSA) is 23.5 Å². The highest BCUT2D eigenvalue weighted by molar-refractivity contribution is 5.39. The van der Waals surface area contributed by atoms with Crippen molar-refractivity contribution in [3.05, 3.63) is 34.9 Å². The maximum atomic E-state index is 9.07. The van der Waals surface area contributed by atoms with E-state index < -0.39 is 0 Å². The van der Waals surface area contributed by atoms with E-state index in [0.29, 0.717) is 12.1 Å². The van der Waals surface area contributed by atoms with Gasteiger partial charge in [0.2, 0.25) is 0 Å². The first kappa shape index (κ1) is 9.69. The Morgan fingerprint density at radius 2 is 1.86 bits per heavy atom. The minimum Gasteiger partial charge on any atom is -0.392 e. The van der Waals surface area contributed by atoms with Crippen LogP contribution in [-0.2, 0) is 6.61 Å². The Hall–Kier alpha value is -0.860. The van der Waals surface area contributed by atoms with E-state index in [-0.39, 0.29) is 6.61 Å². The van der Waals surface area contributed by atoms with Crippen LogP contribution in [0.15, 0.2) is 18.2 Å². The molecule has 1 aliphatic heterocycles. The van der Waals surface area contributed by atoms with E-state index in [1.54, 1.807) is 0 Å². The molecule has 1 N–H and O–H groups in total. The average Bonchev–Trinajstić information content (AvgIpc) is 2.44. The van der Waals surface area contributed by atoms with Gasteiger partial charge in [-0.25, -0.2) is 0 Å². The summed E-state index contributed by atoms with van der Waals surface area (Å²) in [5.74, 6) is 0. The van der Waals surface area contributed by atoms with Gasteiger partial charge >= 0.3 is 0 Å². The molecule has 2 rings (SSSR count). The summed E-state index contributed by atoms with van der Waals surface area (Å²) in [6.45, 7) is 4.57. The summed E-state index contributed by atoms with van der Waals surface area (Å²) < 4.78 is 0. The zero-order valence-electron chi connectivity index (χ0n) is 8.99. The largest absolute Gasteiger partial charge is 0.392 e. The van der Waals surface area contributed by atoms with Gasteiger partial charge in [-0.1, -0.05) is 18.2 Å². The summed E-state index contributed by atoms with van der Waals surface area (Å²) in [5, 5.41) is 9.07. The summed E-state index contributed by atoms with van der Waals surface area (Å²) in [6.07, 6.45) is 0. The second-order valence-corrected chi connectivity index (χ2v) is 4.14. The summed E-state index contributed by atoms with van der Waals surface area (Å²) in [6, 6.07) is 7.24. The lowest BCUT2D eigenvalue weighted by Gasteiger charge is -2.20. The third-order valence-electron chi connectivity index (χ3n) is 3.46. The Labute approximate surface area is 85.2 Å². The van der Waals surface area contributed by atoms with Crippen molar-refractivity contribution in [2.75, 3.05) is 7.05 Å². The number of aliphatic hydroxyl groups excluding tert-OH is 1. The van der Waals surface area contributed by atoms with E-state index in [9.17, 15) is 0 Å². The van der Waals surface area contributed by atoms with Crippen LogP contribution in [0.1, 0.15) is 42.6 Å². The first-order valence-electron chi connectivity index (χ1n) is 5.10. The van der Waals surface area contributed by atoms with Crippen molar-refractivity contribution in [2.24, 2.45) is 0 Å². The highest BCUT2D eigenvalue weighted by Gasteiger charge is 2.29. The molecule has 2 atom stereocenters. The highest BCUT2D eigenvalue weighted by atomic mass is 16.3. The number of rotatable bonds is 1. The number of hydrogen-bond donors (Lipinski definition) is 1. The zero-order chi connectivity index (χ0) is 10.3. The van der Waals surface area contributed by atoms with Crippen LogP contribution < -0.4 is 0 Å². The molecule has 1 aromatic carbocycles. The normalized spacial score (nSPS) is 26.6. The number of fused-ring (bicyclic) bond motifs is 1. The molecule has 76 valence electrons. The van der Waals surface area contributed by atoms with Crippen LogP contribution in [-0.4, -0.2) is 17.1 Å². The van der Waals surface area contributed by atoms with E-state index in [2.05, 4.69) is 37.9 Å². The molecular weight excluding hydrogens is 174 g/mol. The number of aliphatic hydroxyl groups is 1. The van der Waals surface area contributed by atoms with Gasteiger partial charge in [0.25, 0.3) is 0 Å². The molecule has 0 aromatic heterocycles. The average molecular weight is 191 g/mol. The van der Waals surface area contributed by atoms with Gasteiger partial charge in [0.15, 0.2) is 0 Å². The minimum absolute atomic E-state index is 0.137. The molecule has 2 heteroatoms. The predicted molar refractivity (Wildman–Crippen MR) is 57.0 cm³/mol. The highest BCUT2D eigenvalue weighted by Crippen LogP contribution is 2.40. The maximum absolute atomic E-state index is 9.07. The summed E-state index contributed by atoms with van der Waals surface area (Å²) in [4.78, 5) is 2.35. The van der Waals surface area contributed by atoms with Gasteiger partial charge in [-0.15, -0.1) is 0 Å². The molecule has 14 heavy (non-hydrogen) atoms. The molecule has 0 amide bonds. The summed E-state index contributed by atoms with van der Waals surface area (Å²) in [5.41, 5.74) is 3.78. The molecule has 1 aromatic rings. The molecular formula is C12H17NO. The van der Waals surface area contributed by atoms with Crippen LogP contribution in [0.5, 0.6) is 0 Å². The summed E-state index contributed by atoms with van der Waals surface area (Å²) in [7, 11) is 2.15. The van der Waals surface area contributed by atoms with Gasteiger partial charge in [0.05, 0.1) is 6.61 Å². The van der Waals surface area contributed by atoms with Crippen molar-refractivity contribution in [2.45, 2.75) is 32.5 Å². The fourth-order valence-electron chi connectivity index (χ4n) is 2.24. The van der Waals surface area contributed by atoms with Crippen molar-refractivity contribution in [3.8, 4) is 0 Å². The third-order valence-corrected chi connectivity index (χ3v) is 3.46. The fourth-order valence-corrected chi connectivity index (χ4v) is 2.24. The maximum Gasteiger partial charge on any atom is 0.0681 e. The van der Waals surface area contributed by atoms with Crippen molar-refractivity contribution in [1.82, 2.24) is 4.90 Å². The Morgan fingerprint density at radius 1 is 1.21 bits per heavy atom. The standard InChI is InChI=1S/C12H17NO/c1-8-11-5-4-10(7-14)6-12(11)9(2)13(8)3/h4-6,8-9,14H,7H2,1-3H3. The van der Waals surface area contributed by atoms with Crippen molar-refractivity contribution in [1.29, 1.82) is 0 Å². The molecule has 2 nitrogen and oxygen atoms in total. The fraction of sp³-hybridized carbons (Fsp3) is 0.500. The first-order valence-corrected chi connectivity index (χ1v) is 5.10. The van der Waals surface area contributed by atoms with Crippen LogP contribution in [0.25, 0.3) is 0 Å². The molecule has 0 fully saturated rings. The lowest BCUT2D eigenvalue weighted by molar-refractivity contribution is 0.232. The van der Waals surface area contributed by atoms with Crippen LogP contribution in [0.2, 0.25) is 0 Å². The molecule has 0 aliphatic carbocycles. The van der Waals surface area contributed by atoms with E-state index in [0.717, 1.165) is 5.56 Å². The molecule has 0 saturated heterocycles. The second-order valence-electron chi connectivity index (χ2n) is 4.14. The molecule has 0 radical (unpaired) electrons. The monoisotopic (exact) mass is 191 g/mol. The second kappa shape index (κ2) is 3.37. The molecule has 0 spiro atoms. The minimum atomic E-state index is 0.137. The number of benzene rings is 1. The smallest absolute Gasteiger partial charge is 0.0681 e. The number of hydrogen-bond acceptors (Lipinski definition) is 2. The Bertz CT molecular complexity index is 348. The molecule has 0 bridgehead atoms. The molecule has 1 aliphatic rings. The Kier molecular flexibility index (Phi) is 2.33. The SMILES string of the molecule is CC1c2ccc(CO)cc2C(C)N1C. The van der Waals surface area contributed by atoms with Gasteiger partial charge in [0.1, 0.15) is 0 Å². The summed E-state index contributed by atoms with van der Waals surface area (Å²) >= 11 is 0. The zero-order valence-corrected chi connectivity index (χ0v) is 8.99. The van der Waals surface area contributed by atoms with E-state index in [1.807, 2.05) is 6.07 Å². The molecule has 2 unspecified atom stereocenters. The lowest BCUT2D eigenvalue weighted by atomic mass is 10.0. The van der Waals surface area contributed by atoms with E-state index in [4.69, 9.17) is 5.11 Å². The Balaban J connectivity index is 2.48. The van der Waals surface area contributed by atoms with Crippen LogP contribution >= 0.6 is 0 Å². The van der Waals surface area contributed by atoms with Gasteiger partial charge in [-0.05, 0) is 37.6 Å². The van der Waals surface area contributed by atoms with Crippen molar-refractivity contribution < 1.29 is 5.11 Å². The van der Waals surface area contributed by atoms with Gasteiger partial charge in [-0.2, -0.15) is 0 Å². The lowest BCUT2D eigenvalue weighted by Crippen LogP contribution is -2.16. The predicted octanol–water partition coefficient (Wildman–Crippen LogP) is 2.25.